The number of piperazine rings is 1. The summed E-state index contributed by atoms with van der Waals surface area (Å²) in [7, 11) is 0. The number of hydrogen-bond donors (Lipinski definition) is 0. The Morgan fingerprint density at radius 2 is 1.72 bits per heavy atom. The van der Waals surface area contributed by atoms with E-state index >= 15 is 0 Å². The topological polar surface area (TPSA) is 40.6 Å². The molecule has 152 valence electrons. The first-order valence-electron chi connectivity index (χ1n) is 10.5. The molecule has 0 saturated carbocycles. The zero-order chi connectivity index (χ0) is 20.2. The fraction of sp³-hybridized carbons (Fsp3) is 0.417. The first kappa shape index (κ1) is 19.8. The third-order valence-electron chi connectivity index (χ3n) is 6.20. The number of hydrogen-bond acceptors (Lipinski definition) is 3. The molecule has 0 N–H and O–H groups in total. The van der Waals surface area contributed by atoms with Crippen molar-refractivity contribution in [3.63, 3.8) is 0 Å². The summed E-state index contributed by atoms with van der Waals surface area (Å²) in [5.41, 5.74) is 2.63. The van der Waals surface area contributed by atoms with Crippen molar-refractivity contribution in [3.8, 4) is 0 Å². The van der Waals surface area contributed by atoms with E-state index in [1.54, 1.807) is 12.1 Å². The zero-order valence-corrected chi connectivity index (χ0v) is 16.6. The van der Waals surface area contributed by atoms with Crippen LogP contribution in [0.5, 0.6) is 0 Å². The second-order valence-corrected chi connectivity index (χ2v) is 8.04. The second kappa shape index (κ2) is 8.87. The first-order valence-corrected chi connectivity index (χ1v) is 10.5. The largest absolute Gasteiger partial charge is 0.336 e. The number of benzene rings is 2. The van der Waals surface area contributed by atoms with Gasteiger partial charge in [-0.05, 0) is 62.1 Å². The monoisotopic (exact) mass is 394 g/mol. The Morgan fingerprint density at radius 3 is 2.48 bits per heavy atom. The maximum absolute atomic E-state index is 13.1. The van der Waals surface area contributed by atoms with Crippen LogP contribution < -0.4 is 0 Å². The summed E-state index contributed by atoms with van der Waals surface area (Å²) in [6.45, 7) is 3.83. The Balaban J connectivity index is 1.28. The highest BCUT2D eigenvalue weighted by atomic mass is 19.1. The fourth-order valence-corrected chi connectivity index (χ4v) is 4.43. The number of Topliss-reactive ketones (excluding diaryl/α,β-unsaturated/α-hetero) is 1. The minimum atomic E-state index is -0.331. The minimum absolute atomic E-state index is 0.0415. The number of carbonyl (C=O) groups excluding carboxylic acids is 2. The molecule has 2 aromatic carbocycles. The molecule has 0 aromatic heterocycles. The van der Waals surface area contributed by atoms with Crippen molar-refractivity contribution in [3.05, 3.63) is 71.0 Å². The van der Waals surface area contributed by atoms with Gasteiger partial charge in [-0.2, -0.15) is 0 Å². The maximum atomic E-state index is 13.1. The number of halogens is 1. The van der Waals surface area contributed by atoms with Crippen LogP contribution in [0.15, 0.2) is 48.5 Å². The van der Waals surface area contributed by atoms with Gasteiger partial charge in [0.2, 0.25) is 0 Å². The molecule has 0 spiro atoms. The lowest BCUT2D eigenvalue weighted by Crippen LogP contribution is -2.49. The van der Waals surface area contributed by atoms with Gasteiger partial charge in [-0.25, -0.2) is 4.39 Å². The molecule has 1 heterocycles. The summed E-state index contributed by atoms with van der Waals surface area (Å²) in [6.07, 6.45) is 3.88. The van der Waals surface area contributed by atoms with Crippen LogP contribution >= 0.6 is 0 Å². The molecule has 4 nitrogen and oxygen atoms in total. The zero-order valence-electron chi connectivity index (χ0n) is 16.6. The fourth-order valence-electron chi connectivity index (χ4n) is 4.43. The SMILES string of the molecule is O=C1c2ccccc2CCCC1CCN1CCN(C(=O)c2ccc(F)cc2)CC1. The molecular weight excluding hydrogens is 367 g/mol. The van der Waals surface area contributed by atoms with Crippen molar-refractivity contribution < 1.29 is 14.0 Å². The number of nitrogens with zero attached hydrogens (tertiary/aromatic N) is 2. The summed E-state index contributed by atoms with van der Waals surface area (Å²) < 4.78 is 13.1. The van der Waals surface area contributed by atoms with E-state index < -0.39 is 0 Å². The molecule has 1 unspecified atom stereocenters. The van der Waals surface area contributed by atoms with Crippen molar-refractivity contribution in [2.24, 2.45) is 5.92 Å². The molecule has 1 saturated heterocycles. The van der Waals surface area contributed by atoms with E-state index in [0.29, 0.717) is 24.4 Å². The van der Waals surface area contributed by atoms with Gasteiger partial charge >= 0.3 is 0 Å². The quantitative estimate of drug-likeness (QED) is 0.741. The van der Waals surface area contributed by atoms with E-state index in [9.17, 15) is 14.0 Å². The van der Waals surface area contributed by atoms with Gasteiger partial charge in [0.15, 0.2) is 5.78 Å². The summed E-state index contributed by atoms with van der Waals surface area (Å²) in [5, 5.41) is 0. The lowest BCUT2D eigenvalue weighted by Gasteiger charge is -2.35. The van der Waals surface area contributed by atoms with E-state index in [2.05, 4.69) is 11.0 Å². The molecule has 1 fully saturated rings. The van der Waals surface area contributed by atoms with Crippen molar-refractivity contribution in [1.82, 2.24) is 9.80 Å². The number of aryl methyl sites for hydroxylation is 1. The second-order valence-electron chi connectivity index (χ2n) is 8.04. The van der Waals surface area contributed by atoms with Crippen LogP contribution in [0.1, 0.15) is 45.5 Å². The Labute approximate surface area is 171 Å². The van der Waals surface area contributed by atoms with Gasteiger partial charge in [0.1, 0.15) is 5.82 Å². The van der Waals surface area contributed by atoms with Crippen molar-refractivity contribution in [2.75, 3.05) is 32.7 Å². The standard InChI is InChI=1S/C24H27FN2O2/c25-21-10-8-20(9-11-21)24(29)27-16-14-26(15-17-27)13-12-19-6-3-5-18-4-1-2-7-22(18)23(19)28/h1-2,4,7-11,19H,3,5-6,12-17H2. The van der Waals surface area contributed by atoms with Gasteiger partial charge in [-0.15, -0.1) is 0 Å². The molecule has 1 aliphatic carbocycles. The molecule has 4 rings (SSSR count). The highest BCUT2D eigenvalue weighted by Gasteiger charge is 2.27. The van der Waals surface area contributed by atoms with Gasteiger partial charge in [-0.3, -0.25) is 14.5 Å². The Bertz CT molecular complexity index is 873. The van der Waals surface area contributed by atoms with Gasteiger partial charge in [0, 0.05) is 43.2 Å². The van der Waals surface area contributed by atoms with Crippen molar-refractivity contribution >= 4 is 11.7 Å². The lowest BCUT2D eigenvalue weighted by atomic mass is 9.92. The van der Waals surface area contributed by atoms with Crippen LogP contribution in [0, 0.1) is 11.7 Å². The van der Waals surface area contributed by atoms with E-state index in [1.165, 1.54) is 17.7 Å². The molecule has 2 aromatic rings. The predicted molar refractivity (Wildman–Crippen MR) is 111 cm³/mol. The van der Waals surface area contributed by atoms with Crippen LogP contribution in [0.2, 0.25) is 0 Å². The summed E-state index contributed by atoms with van der Waals surface area (Å²) in [5.74, 6) is 0.0167. The molecule has 0 radical (unpaired) electrons. The Hall–Kier alpha value is -2.53. The number of fused-ring (bicyclic) bond motifs is 1. The number of rotatable bonds is 4. The van der Waals surface area contributed by atoms with Crippen molar-refractivity contribution in [1.29, 1.82) is 0 Å². The van der Waals surface area contributed by atoms with Crippen LogP contribution in [0.3, 0.4) is 0 Å². The molecule has 5 heteroatoms. The highest BCUT2D eigenvalue weighted by Crippen LogP contribution is 2.27. The first-order chi connectivity index (χ1) is 14.1. The van der Waals surface area contributed by atoms with Gasteiger partial charge in [-0.1, -0.05) is 24.3 Å². The molecule has 2 aliphatic rings. The summed E-state index contributed by atoms with van der Waals surface area (Å²) in [6, 6.07) is 13.7. The molecule has 1 amide bonds. The lowest BCUT2D eigenvalue weighted by molar-refractivity contribution is 0.0627. The van der Waals surface area contributed by atoms with Gasteiger partial charge < -0.3 is 4.90 Å². The van der Waals surface area contributed by atoms with Crippen LogP contribution in [-0.2, 0) is 6.42 Å². The van der Waals surface area contributed by atoms with E-state index in [4.69, 9.17) is 0 Å². The Morgan fingerprint density at radius 1 is 1.00 bits per heavy atom. The van der Waals surface area contributed by atoms with Crippen molar-refractivity contribution in [2.45, 2.75) is 25.7 Å². The average molecular weight is 394 g/mol. The van der Waals surface area contributed by atoms with Crippen LogP contribution in [0.4, 0.5) is 4.39 Å². The maximum Gasteiger partial charge on any atom is 0.253 e. The van der Waals surface area contributed by atoms with E-state index in [1.807, 2.05) is 23.1 Å². The van der Waals surface area contributed by atoms with E-state index in [0.717, 1.165) is 50.9 Å². The predicted octanol–water partition coefficient (Wildman–Crippen LogP) is 3.81. The van der Waals surface area contributed by atoms with Crippen LogP contribution in [-0.4, -0.2) is 54.2 Å². The van der Waals surface area contributed by atoms with Gasteiger partial charge in [0.05, 0.1) is 0 Å². The number of carbonyl (C=O) groups is 2. The molecular formula is C24H27FN2O2. The van der Waals surface area contributed by atoms with Crippen LogP contribution in [0.25, 0.3) is 0 Å². The summed E-state index contributed by atoms with van der Waals surface area (Å²) in [4.78, 5) is 29.7. The number of ketones is 1. The summed E-state index contributed by atoms with van der Waals surface area (Å²) >= 11 is 0. The Kier molecular flexibility index (Phi) is 6.05. The van der Waals surface area contributed by atoms with Gasteiger partial charge in [0.25, 0.3) is 5.91 Å². The highest BCUT2D eigenvalue weighted by molar-refractivity contribution is 5.99. The minimum Gasteiger partial charge on any atom is -0.336 e. The molecule has 0 bridgehead atoms. The third-order valence-corrected chi connectivity index (χ3v) is 6.20. The molecule has 29 heavy (non-hydrogen) atoms. The normalized spacial score (nSPS) is 20.2. The smallest absolute Gasteiger partial charge is 0.253 e. The van der Waals surface area contributed by atoms with E-state index in [-0.39, 0.29) is 17.6 Å². The average Bonchev–Trinajstić information content (AvgIpc) is 2.92. The number of amides is 1. The third kappa shape index (κ3) is 4.56. The molecule has 1 atom stereocenters. The molecule has 1 aliphatic heterocycles.